The van der Waals surface area contributed by atoms with Gasteiger partial charge in [0, 0.05) is 18.8 Å². The van der Waals surface area contributed by atoms with Gasteiger partial charge in [0.05, 0.1) is 25.6 Å². The molecule has 0 unspecified atom stereocenters. The van der Waals surface area contributed by atoms with E-state index in [0.29, 0.717) is 43.8 Å². The summed E-state index contributed by atoms with van der Waals surface area (Å²) in [6.45, 7) is 7.02. The fraction of sp³-hybridized carbons (Fsp3) is 0.471. The molecule has 25 heavy (non-hydrogen) atoms. The van der Waals surface area contributed by atoms with Crippen LogP contribution in [0.1, 0.15) is 12.7 Å². The standard InChI is InChI=1S/C17H22N4O3S/c1-3-24-15-6-4-14(5-7-15)21-13(2)18-19-17(21)25-12-16(22)20-8-10-23-11-9-20/h4-7H,3,8-12H2,1-2H3. The maximum Gasteiger partial charge on any atom is 0.233 e. The van der Waals surface area contributed by atoms with Crippen molar-refractivity contribution in [3.8, 4) is 11.4 Å². The number of aryl methyl sites for hydroxylation is 1. The average Bonchev–Trinajstić information content (AvgIpc) is 3.02. The Kier molecular flexibility index (Phi) is 5.93. The summed E-state index contributed by atoms with van der Waals surface area (Å²) in [6, 6.07) is 7.78. The lowest BCUT2D eigenvalue weighted by Gasteiger charge is -2.26. The second-order valence-electron chi connectivity index (χ2n) is 5.57. The minimum absolute atomic E-state index is 0.104. The van der Waals surface area contributed by atoms with Crippen LogP contribution in [0.5, 0.6) is 5.75 Å². The smallest absolute Gasteiger partial charge is 0.233 e. The number of hydrogen-bond acceptors (Lipinski definition) is 6. The number of amides is 1. The fourth-order valence-corrected chi connectivity index (χ4v) is 3.52. The number of thioether (sulfide) groups is 1. The van der Waals surface area contributed by atoms with Gasteiger partial charge < -0.3 is 14.4 Å². The number of hydrogen-bond donors (Lipinski definition) is 0. The highest BCUT2D eigenvalue weighted by Gasteiger charge is 2.19. The first-order valence-corrected chi connectivity index (χ1v) is 9.31. The number of benzene rings is 1. The number of nitrogens with zero attached hydrogens (tertiary/aromatic N) is 4. The molecule has 1 aliphatic heterocycles. The third-order valence-electron chi connectivity index (χ3n) is 3.89. The molecule has 2 heterocycles. The lowest BCUT2D eigenvalue weighted by molar-refractivity contribution is -0.132. The summed E-state index contributed by atoms with van der Waals surface area (Å²) in [6.07, 6.45) is 0. The van der Waals surface area contributed by atoms with Crippen LogP contribution in [0, 0.1) is 6.92 Å². The molecule has 134 valence electrons. The topological polar surface area (TPSA) is 69.5 Å². The first-order valence-electron chi connectivity index (χ1n) is 8.32. The molecule has 0 bridgehead atoms. The van der Waals surface area contributed by atoms with Crippen LogP contribution in [0.15, 0.2) is 29.4 Å². The molecular formula is C17H22N4O3S. The molecule has 1 aromatic heterocycles. The number of aromatic nitrogens is 3. The minimum Gasteiger partial charge on any atom is -0.494 e. The molecule has 1 aromatic carbocycles. The van der Waals surface area contributed by atoms with Crippen molar-refractivity contribution in [2.45, 2.75) is 19.0 Å². The number of carbonyl (C=O) groups excluding carboxylic acids is 1. The second kappa shape index (κ2) is 8.35. The average molecular weight is 362 g/mol. The Morgan fingerprint density at radius 1 is 1.24 bits per heavy atom. The van der Waals surface area contributed by atoms with Crippen molar-refractivity contribution in [2.24, 2.45) is 0 Å². The van der Waals surface area contributed by atoms with E-state index in [0.717, 1.165) is 17.3 Å². The largest absolute Gasteiger partial charge is 0.494 e. The van der Waals surface area contributed by atoms with Crippen molar-refractivity contribution >= 4 is 17.7 Å². The summed E-state index contributed by atoms with van der Waals surface area (Å²) >= 11 is 1.41. The Labute approximate surface area is 151 Å². The van der Waals surface area contributed by atoms with Crippen LogP contribution < -0.4 is 4.74 Å². The van der Waals surface area contributed by atoms with Crippen molar-refractivity contribution in [1.29, 1.82) is 0 Å². The van der Waals surface area contributed by atoms with Gasteiger partial charge in [0.15, 0.2) is 5.16 Å². The first-order chi connectivity index (χ1) is 12.2. The van der Waals surface area contributed by atoms with Gasteiger partial charge in [-0.05, 0) is 38.1 Å². The van der Waals surface area contributed by atoms with Gasteiger partial charge in [-0.3, -0.25) is 9.36 Å². The van der Waals surface area contributed by atoms with Crippen molar-refractivity contribution < 1.29 is 14.3 Å². The molecule has 0 atom stereocenters. The van der Waals surface area contributed by atoms with Crippen LogP contribution in [0.3, 0.4) is 0 Å². The predicted octanol–water partition coefficient (Wildman–Crippen LogP) is 1.93. The Hall–Kier alpha value is -2.06. The van der Waals surface area contributed by atoms with Gasteiger partial charge in [-0.2, -0.15) is 0 Å². The zero-order chi connectivity index (χ0) is 17.6. The number of ether oxygens (including phenoxy) is 2. The molecule has 7 nitrogen and oxygen atoms in total. The Bertz CT molecular complexity index is 711. The van der Waals surface area contributed by atoms with E-state index in [9.17, 15) is 4.79 Å². The van der Waals surface area contributed by atoms with E-state index in [4.69, 9.17) is 9.47 Å². The summed E-state index contributed by atoms with van der Waals surface area (Å²) in [4.78, 5) is 14.2. The monoisotopic (exact) mass is 362 g/mol. The first kappa shape index (κ1) is 17.8. The van der Waals surface area contributed by atoms with Gasteiger partial charge in [-0.25, -0.2) is 0 Å². The summed E-state index contributed by atoms with van der Waals surface area (Å²) in [7, 11) is 0. The molecule has 1 fully saturated rings. The molecule has 0 aliphatic carbocycles. The van der Waals surface area contributed by atoms with Crippen LogP contribution in [0.4, 0.5) is 0 Å². The normalized spacial score (nSPS) is 14.6. The molecule has 0 spiro atoms. The van der Waals surface area contributed by atoms with Crippen LogP contribution in [-0.4, -0.2) is 64.2 Å². The molecule has 2 aromatic rings. The van der Waals surface area contributed by atoms with E-state index < -0.39 is 0 Å². The molecule has 0 N–H and O–H groups in total. The van der Waals surface area contributed by atoms with Gasteiger partial charge >= 0.3 is 0 Å². The SMILES string of the molecule is CCOc1ccc(-n2c(C)nnc2SCC(=O)N2CCOCC2)cc1. The van der Waals surface area contributed by atoms with Crippen molar-refractivity contribution in [2.75, 3.05) is 38.7 Å². The molecule has 1 aliphatic rings. The van der Waals surface area contributed by atoms with Gasteiger partial charge in [-0.1, -0.05) is 11.8 Å². The fourth-order valence-electron chi connectivity index (χ4n) is 2.62. The van der Waals surface area contributed by atoms with Crippen LogP contribution >= 0.6 is 11.8 Å². The third-order valence-corrected chi connectivity index (χ3v) is 4.80. The number of morpholine rings is 1. The predicted molar refractivity (Wildman–Crippen MR) is 95.4 cm³/mol. The maximum absolute atomic E-state index is 12.3. The Morgan fingerprint density at radius 2 is 1.96 bits per heavy atom. The van der Waals surface area contributed by atoms with E-state index in [1.807, 2.05) is 47.6 Å². The summed E-state index contributed by atoms with van der Waals surface area (Å²) in [5.41, 5.74) is 0.951. The van der Waals surface area contributed by atoms with E-state index >= 15 is 0 Å². The lowest BCUT2D eigenvalue weighted by atomic mass is 10.3. The minimum atomic E-state index is 0.104. The van der Waals surface area contributed by atoms with Crippen molar-refractivity contribution in [1.82, 2.24) is 19.7 Å². The van der Waals surface area contributed by atoms with Crippen LogP contribution in [-0.2, 0) is 9.53 Å². The number of rotatable bonds is 6. The third kappa shape index (κ3) is 4.32. The van der Waals surface area contributed by atoms with Gasteiger partial charge in [0.25, 0.3) is 0 Å². The van der Waals surface area contributed by atoms with Crippen LogP contribution in [0.25, 0.3) is 5.69 Å². The van der Waals surface area contributed by atoms with Crippen molar-refractivity contribution in [3.05, 3.63) is 30.1 Å². The van der Waals surface area contributed by atoms with Gasteiger partial charge in [0.2, 0.25) is 5.91 Å². The quantitative estimate of drug-likeness (QED) is 0.732. The van der Waals surface area contributed by atoms with E-state index in [1.165, 1.54) is 11.8 Å². The molecule has 8 heteroatoms. The van der Waals surface area contributed by atoms with Gasteiger partial charge in [0.1, 0.15) is 11.6 Å². The highest BCUT2D eigenvalue weighted by Crippen LogP contribution is 2.24. The Balaban J connectivity index is 1.69. The summed E-state index contributed by atoms with van der Waals surface area (Å²) < 4.78 is 12.7. The maximum atomic E-state index is 12.3. The zero-order valence-electron chi connectivity index (χ0n) is 14.5. The van der Waals surface area contributed by atoms with Crippen LogP contribution in [0.2, 0.25) is 0 Å². The highest BCUT2D eigenvalue weighted by molar-refractivity contribution is 7.99. The molecule has 0 saturated carbocycles. The molecule has 3 rings (SSSR count). The molecule has 0 radical (unpaired) electrons. The second-order valence-corrected chi connectivity index (χ2v) is 6.52. The Morgan fingerprint density at radius 3 is 2.64 bits per heavy atom. The summed E-state index contributed by atoms with van der Waals surface area (Å²) in [5.74, 6) is 2.06. The molecule has 1 saturated heterocycles. The molecule has 1 amide bonds. The van der Waals surface area contributed by atoms with E-state index in [1.54, 1.807) is 0 Å². The number of carbonyl (C=O) groups is 1. The summed E-state index contributed by atoms with van der Waals surface area (Å²) in [5, 5.41) is 9.09. The van der Waals surface area contributed by atoms with Gasteiger partial charge in [-0.15, -0.1) is 10.2 Å². The lowest BCUT2D eigenvalue weighted by Crippen LogP contribution is -2.41. The molecular weight excluding hydrogens is 340 g/mol. The van der Waals surface area contributed by atoms with Crippen molar-refractivity contribution in [3.63, 3.8) is 0 Å². The van der Waals surface area contributed by atoms with E-state index in [-0.39, 0.29) is 5.91 Å². The highest BCUT2D eigenvalue weighted by atomic mass is 32.2. The van der Waals surface area contributed by atoms with E-state index in [2.05, 4.69) is 10.2 Å². The zero-order valence-corrected chi connectivity index (χ0v) is 15.3.